The van der Waals surface area contributed by atoms with Crippen molar-refractivity contribution in [2.75, 3.05) is 13.1 Å². The fraction of sp³-hybridized carbons (Fsp3) is 0.333. The number of nitrogens with two attached hydrogens (primary N) is 1. The molecule has 2 amide bonds. The highest BCUT2D eigenvalue weighted by Gasteiger charge is 2.24. The van der Waals surface area contributed by atoms with Crippen LogP contribution in [-0.2, 0) is 9.59 Å². The van der Waals surface area contributed by atoms with E-state index in [1.165, 1.54) is 18.2 Å². The number of rotatable bonds is 3. The maximum absolute atomic E-state index is 12.7. The van der Waals surface area contributed by atoms with E-state index in [-0.39, 0.29) is 23.5 Å². The van der Waals surface area contributed by atoms with Crippen LogP contribution < -0.4 is 5.73 Å². The Morgan fingerprint density at radius 1 is 1.20 bits per heavy atom. The van der Waals surface area contributed by atoms with E-state index in [1.54, 1.807) is 23.1 Å². The number of nitrogens with zero attached hydrogens (tertiary/aromatic N) is 1. The molecule has 0 radical (unpaired) electrons. The first kappa shape index (κ1) is 14.2. The van der Waals surface area contributed by atoms with Crippen LogP contribution in [0.3, 0.4) is 0 Å². The molecule has 0 spiro atoms. The maximum Gasteiger partial charge on any atom is 0.246 e. The zero-order valence-electron chi connectivity index (χ0n) is 11.1. The predicted molar refractivity (Wildman–Crippen MR) is 73.9 cm³/mol. The molecule has 1 aromatic carbocycles. The molecule has 1 aromatic rings. The highest BCUT2D eigenvalue weighted by atomic mass is 19.1. The van der Waals surface area contributed by atoms with Gasteiger partial charge in [0.1, 0.15) is 5.82 Å². The molecule has 0 aromatic heterocycles. The number of piperidine rings is 1. The van der Waals surface area contributed by atoms with Crippen LogP contribution in [0.4, 0.5) is 4.39 Å². The molecule has 1 aliphatic heterocycles. The average molecular weight is 276 g/mol. The van der Waals surface area contributed by atoms with E-state index in [0.717, 1.165) is 5.56 Å². The highest BCUT2D eigenvalue weighted by molar-refractivity contribution is 5.92. The van der Waals surface area contributed by atoms with Gasteiger partial charge in [-0.2, -0.15) is 0 Å². The number of hydrogen-bond acceptors (Lipinski definition) is 2. The van der Waals surface area contributed by atoms with Gasteiger partial charge in [0.25, 0.3) is 0 Å². The third-order valence-corrected chi connectivity index (χ3v) is 3.50. The van der Waals surface area contributed by atoms with Crippen molar-refractivity contribution in [1.82, 2.24) is 4.90 Å². The summed E-state index contributed by atoms with van der Waals surface area (Å²) in [4.78, 5) is 24.7. The maximum atomic E-state index is 12.7. The second-order valence-electron chi connectivity index (χ2n) is 4.89. The quantitative estimate of drug-likeness (QED) is 0.852. The summed E-state index contributed by atoms with van der Waals surface area (Å²) in [6.07, 6.45) is 4.36. The fourth-order valence-electron chi connectivity index (χ4n) is 2.23. The third kappa shape index (κ3) is 3.66. The Bertz CT molecular complexity index is 517. The van der Waals surface area contributed by atoms with Gasteiger partial charge in [-0.15, -0.1) is 0 Å². The van der Waals surface area contributed by atoms with Crippen LogP contribution in [0, 0.1) is 11.7 Å². The SMILES string of the molecule is NC(=O)C1CCN(C(=O)/C=C/c2ccc(F)cc2)CC1. The van der Waals surface area contributed by atoms with Crippen molar-refractivity contribution < 1.29 is 14.0 Å². The molecule has 1 aliphatic rings. The number of amides is 2. The molecular formula is C15H17FN2O2. The van der Waals surface area contributed by atoms with Gasteiger partial charge < -0.3 is 10.6 Å². The number of halogens is 1. The highest BCUT2D eigenvalue weighted by Crippen LogP contribution is 2.17. The lowest BCUT2D eigenvalue weighted by Gasteiger charge is -2.29. The lowest BCUT2D eigenvalue weighted by molar-refractivity contribution is -0.130. The zero-order valence-corrected chi connectivity index (χ0v) is 11.1. The van der Waals surface area contributed by atoms with E-state index < -0.39 is 0 Å². The Hall–Kier alpha value is -2.17. The summed E-state index contributed by atoms with van der Waals surface area (Å²) in [7, 11) is 0. The average Bonchev–Trinajstić information content (AvgIpc) is 2.46. The summed E-state index contributed by atoms with van der Waals surface area (Å²) >= 11 is 0. The number of hydrogen-bond donors (Lipinski definition) is 1. The van der Waals surface area contributed by atoms with Crippen molar-refractivity contribution in [2.24, 2.45) is 11.7 Å². The molecule has 2 N–H and O–H groups in total. The molecule has 5 heteroatoms. The van der Waals surface area contributed by atoms with Gasteiger partial charge in [-0.05, 0) is 36.6 Å². The summed E-state index contributed by atoms with van der Waals surface area (Å²) in [6, 6.07) is 5.92. The van der Waals surface area contributed by atoms with Crippen molar-refractivity contribution in [3.05, 3.63) is 41.7 Å². The van der Waals surface area contributed by atoms with E-state index >= 15 is 0 Å². The molecule has 106 valence electrons. The molecular weight excluding hydrogens is 259 g/mol. The normalized spacial score (nSPS) is 16.6. The van der Waals surface area contributed by atoms with Crippen LogP contribution in [0.2, 0.25) is 0 Å². The van der Waals surface area contributed by atoms with Crippen molar-refractivity contribution in [2.45, 2.75) is 12.8 Å². The minimum Gasteiger partial charge on any atom is -0.369 e. The van der Waals surface area contributed by atoms with Gasteiger partial charge in [0.2, 0.25) is 11.8 Å². The standard InChI is InChI=1S/C15H17FN2O2/c16-13-4-1-11(2-5-13)3-6-14(19)18-9-7-12(8-10-18)15(17)20/h1-6,12H,7-10H2,(H2,17,20)/b6-3+. The van der Waals surface area contributed by atoms with Gasteiger partial charge >= 0.3 is 0 Å². The molecule has 1 fully saturated rings. The molecule has 20 heavy (non-hydrogen) atoms. The van der Waals surface area contributed by atoms with E-state index in [0.29, 0.717) is 25.9 Å². The van der Waals surface area contributed by atoms with Crippen molar-refractivity contribution in [3.8, 4) is 0 Å². The molecule has 0 atom stereocenters. The molecule has 0 aliphatic carbocycles. The summed E-state index contributed by atoms with van der Waals surface area (Å²) < 4.78 is 12.7. The Balaban J connectivity index is 1.89. The van der Waals surface area contributed by atoms with Crippen molar-refractivity contribution >= 4 is 17.9 Å². The fourth-order valence-corrected chi connectivity index (χ4v) is 2.23. The zero-order chi connectivity index (χ0) is 14.5. The second kappa shape index (κ2) is 6.32. The molecule has 2 rings (SSSR count). The topological polar surface area (TPSA) is 63.4 Å². The lowest BCUT2D eigenvalue weighted by Crippen LogP contribution is -2.41. The van der Waals surface area contributed by atoms with Crippen molar-refractivity contribution in [3.63, 3.8) is 0 Å². The van der Waals surface area contributed by atoms with Gasteiger partial charge in [0.15, 0.2) is 0 Å². The smallest absolute Gasteiger partial charge is 0.246 e. The second-order valence-corrected chi connectivity index (χ2v) is 4.89. The van der Waals surface area contributed by atoms with Crippen LogP contribution >= 0.6 is 0 Å². The van der Waals surface area contributed by atoms with Crippen molar-refractivity contribution in [1.29, 1.82) is 0 Å². The van der Waals surface area contributed by atoms with Gasteiger partial charge in [0, 0.05) is 25.1 Å². The molecule has 1 saturated heterocycles. The minimum absolute atomic E-state index is 0.0998. The Labute approximate surface area is 117 Å². The molecule has 0 saturated carbocycles. The Morgan fingerprint density at radius 3 is 2.35 bits per heavy atom. The number of likely N-dealkylation sites (tertiary alicyclic amines) is 1. The predicted octanol–water partition coefficient (Wildman–Crippen LogP) is 1.56. The van der Waals surface area contributed by atoms with Crippen LogP contribution in [0.5, 0.6) is 0 Å². The van der Waals surface area contributed by atoms with Crippen LogP contribution in [0.15, 0.2) is 30.3 Å². The van der Waals surface area contributed by atoms with E-state index in [2.05, 4.69) is 0 Å². The molecule has 0 unspecified atom stereocenters. The first-order chi connectivity index (χ1) is 9.56. The van der Waals surface area contributed by atoms with Crippen LogP contribution in [0.25, 0.3) is 6.08 Å². The van der Waals surface area contributed by atoms with Crippen LogP contribution in [-0.4, -0.2) is 29.8 Å². The minimum atomic E-state index is -0.304. The van der Waals surface area contributed by atoms with Gasteiger partial charge in [-0.1, -0.05) is 12.1 Å². The van der Waals surface area contributed by atoms with Gasteiger partial charge in [-0.3, -0.25) is 9.59 Å². The lowest BCUT2D eigenvalue weighted by atomic mass is 9.96. The monoisotopic (exact) mass is 276 g/mol. The van der Waals surface area contributed by atoms with Gasteiger partial charge in [-0.25, -0.2) is 4.39 Å². The largest absolute Gasteiger partial charge is 0.369 e. The number of benzene rings is 1. The number of carbonyl (C=O) groups is 2. The molecule has 1 heterocycles. The molecule has 4 nitrogen and oxygen atoms in total. The third-order valence-electron chi connectivity index (χ3n) is 3.50. The van der Waals surface area contributed by atoms with E-state index in [9.17, 15) is 14.0 Å². The summed E-state index contributed by atoms with van der Waals surface area (Å²) in [5, 5.41) is 0. The summed E-state index contributed by atoms with van der Waals surface area (Å²) in [5.41, 5.74) is 6.02. The summed E-state index contributed by atoms with van der Waals surface area (Å²) in [5.74, 6) is -0.821. The first-order valence-corrected chi connectivity index (χ1v) is 6.58. The van der Waals surface area contributed by atoms with Crippen LogP contribution in [0.1, 0.15) is 18.4 Å². The Morgan fingerprint density at radius 2 is 1.80 bits per heavy atom. The summed E-state index contributed by atoms with van der Waals surface area (Å²) in [6.45, 7) is 1.08. The number of carbonyl (C=O) groups excluding carboxylic acids is 2. The first-order valence-electron chi connectivity index (χ1n) is 6.58. The Kier molecular flexibility index (Phi) is 4.50. The van der Waals surface area contributed by atoms with E-state index in [1.807, 2.05) is 0 Å². The number of primary amides is 1. The van der Waals surface area contributed by atoms with E-state index in [4.69, 9.17) is 5.73 Å². The van der Waals surface area contributed by atoms with Gasteiger partial charge in [0.05, 0.1) is 0 Å². The molecule has 0 bridgehead atoms.